The number of fused-ring (bicyclic) bond motifs is 6. The number of hydrogen-bond donors (Lipinski definition) is 5. The maximum Gasteiger partial charge on any atom is 0.222 e. The van der Waals surface area contributed by atoms with E-state index in [0.29, 0.717) is 13.1 Å². The van der Waals surface area contributed by atoms with Crippen LogP contribution in [-0.2, 0) is 9.59 Å². The Hall–Kier alpha value is -7.33. The summed E-state index contributed by atoms with van der Waals surface area (Å²) in [4.78, 5) is 41.7. The van der Waals surface area contributed by atoms with Crippen LogP contribution >= 0.6 is 0 Å². The lowest BCUT2D eigenvalue weighted by Gasteiger charge is -2.22. The van der Waals surface area contributed by atoms with Gasteiger partial charge < -0.3 is 26.6 Å². The number of anilines is 3. The fraction of sp³-hybridized carbons (Fsp3) is 0.212. The van der Waals surface area contributed by atoms with Gasteiger partial charge >= 0.3 is 0 Å². The van der Waals surface area contributed by atoms with Crippen molar-refractivity contribution in [1.82, 2.24) is 25.6 Å². The Kier molecular flexibility index (Phi) is 12.2. The van der Waals surface area contributed by atoms with E-state index in [2.05, 4.69) is 50.8 Å². The second-order valence-corrected chi connectivity index (χ2v) is 15.8. The number of nitrogens with one attached hydrogen (secondary N) is 5. The molecule has 0 saturated carbocycles. The molecule has 0 saturated heterocycles. The van der Waals surface area contributed by atoms with Crippen LogP contribution in [0.4, 0.5) is 17.1 Å². The van der Waals surface area contributed by atoms with Crippen LogP contribution in [0.3, 0.4) is 0 Å². The minimum absolute atomic E-state index is 0.0979. The van der Waals surface area contributed by atoms with Crippen LogP contribution < -0.4 is 26.6 Å². The van der Waals surface area contributed by atoms with Crippen LogP contribution in [0.1, 0.15) is 38.5 Å². The first-order valence-electron chi connectivity index (χ1n) is 21.7. The first-order chi connectivity index (χ1) is 30.6. The Bertz CT molecular complexity index is 2740. The van der Waals surface area contributed by atoms with Gasteiger partial charge in [-0.2, -0.15) is 0 Å². The molecule has 5 N–H and O–H groups in total. The number of pyridine rings is 3. The summed E-state index contributed by atoms with van der Waals surface area (Å²) >= 11 is 0. The summed E-state index contributed by atoms with van der Waals surface area (Å²) in [5.41, 5.74) is 8.59. The van der Waals surface area contributed by atoms with Gasteiger partial charge in [-0.25, -0.2) is 15.0 Å². The van der Waals surface area contributed by atoms with Crippen molar-refractivity contribution in [2.24, 2.45) is 0 Å². The third-order valence-corrected chi connectivity index (χ3v) is 11.4. The molecule has 0 unspecified atom stereocenters. The Morgan fingerprint density at radius 1 is 0.371 bits per heavy atom. The smallest absolute Gasteiger partial charge is 0.222 e. The van der Waals surface area contributed by atoms with E-state index in [9.17, 15) is 9.59 Å². The lowest BCUT2D eigenvalue weighted by atomic mass is 10.0. The summed E-state index contributed by atoms with van der Waals surface area (Å²) in [6.07, 6.45) is 3.64. The van der Waals surface area contributed by atoms with Gasteiger partial charge in [0.05, 0.1) is 50.2 Å². The van der Waals surface area contributed by atoms with Gasteiger partial charge in [-0.05, 0) is 62.1 Å². The molecule has 0 radical (unpaired) electrons. The molecule has 0 spiro atoms. The van der Waals surface area contributed by atoms with E-state index >= 15 is 0 Å². The minimum atomic E-state index is -0.450. The highest BCUT2D eigenvalue weighted by Gasteiger charge is 2.21. The Morgan fingerprint density at radius 2 is 0.645 bits per heavy atom. The Labute approximate surface area is 360 Å². The number of para-hydroxylation sites is 6. The van der Waals surface area contributed by atoms with Crippen LogP contribution in [0.2, 0.25) is 0 Å². The molecule has 310 valence electrons. The van der Waals surface area contributed by atoms with E-state index < -0.39 is 6.04 Å². The molecule has 0 aliphatic carbocycles. The molecule has 0 aliphatic rings. The average Bonchev–Trinajstić information content (AvgIpc) is 3.30. The standard InChI is InChI=1S/C52H50N8O2/c61-48(53-29-13-15-31-55-50-36-17-1-7-23-42(36)58-43-24-8-2-18-37(43)50)33-35(57-52-40-21-5-11-27-46(40)60-47-28-12-6-22-41(47)52)34-49(62)54-30-14-16-32-56-51-38-19-3-9-25-44(38)59-45-26-10-4-20-39(45)51/h1-12,17-28,35H,13-16,29-34H2,(H,53,61)(H,54,62)(H,55,58)(H,56,59)(H,57,60). The van der Waals surface area contributed by atoms with E-state index in [4.69, 9.17) is 15.0 Å². The summed E-state index contributed by atoms with van der Waals surface area (Å²) in [6.45, 7) is 2.59. The van der Waals surface area contributed by atoms with Crippen LogP contribution in [0.15, 0.2) is 146 Å². The molecule has 0 atom stereocenters. The number of carbonyl (C=O) groups excluding carboxylic acids is 2. The number of rotatable bonds is 18. The highest BCUT2D eigenvalue weighted by atomic mass is 16.2. The number of nitrogens with zero attached hydrogens (tertiary/aromatic N) is 3. The van der Waals surface area contributed by atoms with Crippen molar-refractivity contribution >= 4 is 94.3 Å². The van der Waals surface area contributed by atoms with Gasteiger partial charge in [0.25, 0.3) is 0 Å². The van der Waals surface area contributed by atoms with Crippen molar-refractivity contribution in [3.63, 3.8) is 0 Å². The zero-order valence-electron chi connectivity index (χ0n) is 34.7. The molecule has 0 fully saturated rings. The highest BCUT2D eigenvalue weighted by molar-refractivity contribution is 6.09. The zero-order valence-corrected chi connectivity index (χ0v) is 34.7. The quantitative estimate of drug-likeness (QED) is 0.0427. The van der Waals surface area contributed by atoms with Gasteiger partial charge in [-0.1, -0.05) is 109 Å². The number of hydrogen-bond acceptors (Lipinski definition) is 8. The largest absolute Gasteiger partial charge is 0.384 e. The molecule has 0 bridgehead atoms. The summed E-state index contributed by atoms with van der Waals surface area (Å²) < 4.78 is 0. The Balaban J connectivity index is 0.811. The molecule has 3 aromatic heterocycles. The second kappa shape index (κ2) is 18.9. The fourth-order valence-electron chi connectivity index (χ4n) is 8.41. The number of amides is 2. The van der Waals surface area contributed by atoms with Gasteiger partial charge in [-0.3, -0.25) is 9.59 Å². The molecule has 62 heavy (non-hydrogen) atoms. The highest BCUT2D eigenvalue weighted by Crippen LogP contribution is 2.33. The first kappa shape index (κ1) is 40.1. The summed E-state index contributed by atoms with van der Waals surface area (Å²) in [5, 5.41) is 23.5. The number of unbranched alkanes of at least 4 members (excludes halogenated alkanes) is 2. The van der Waals surface area contributed by atoms with E-state index in [1.165, 1.54) is 0 Å². The second-order valence-electron chi connectivity index (χ2n) is 15.8. The first-order valence-corrected chi connectivity index (χ1v) is 21.7. The fourth-order valence-corrected chi connectivity index (χ4v) is 8.41. The molecule has 2 amide bonds. The monoisotopic (exact) mass is 818 g/mol. The molecule has 10 nitrogen and oxygen atoms in total. The SMILES string of the molecule is O=C(CC(CC(=O)NCCCCNc1c2ccccc2nc2ccccc12)Nc1c2ccccc2nc2ccccc12)NCCCCNc1c2ccccc2nc2ccccc12. The Morgan fingerprint density at radius 3 is 0.968 bits per heavy atom. The van der Waals surface area contributed by atoms with Crippen molar-refractivity contribution in [3.8, 4) is 0 Å². The van der Waals surface area contributed by atoms with Gasteiger partial charge in [-0.15, -0.1) is 0 Å². The van der Waals surface area contributed by atoms with Crippen molar-refractivity contribution in [1.29, 1.82) is 0 Å². The topological polar surface area (TPSA) is 133 Å². The maximum absolute atomic E-state index is 13.6. The van der Waals surface area contributed by atoms with E-state index in [1.807, 2.05) is 121 Å². The zero-order chi connectivity index (χ0) is 42.1. The summed E-state index contributed by atoms with van der Waals surface area (Å²) in [5.74, 6) is -0.196. The third kappa shape index (κ3) is 9.05. The molecule has 9 rings (SSSR count). The molecule has 3 heterocycles. The van der Waals surface area contributed by atoms with Crippen molar-refractivity contribution in [3.05, 3.63) is 146 Å². The van der Waals surface area contributed by atoms with Crippen LogP contribution in [0.25, 0.3) is 65.4 Å². The lowest BCUT2D eigenvalue weighted by molar-refractivity contribution is -0.122. The van der Waals surface area contributed by atoms with Crippen LogP contribution in [0.5, 0.6) is 0 Å². The van der Waals surface area contributed by atoms with E-state index in [0.717, 1.165) is 121 Å². The molecule has 9 aromatic rings. The van der Waals surface area contributed by atoms with E-state index in [-0.39, 0.29) is 24.7 Å². The van der Waals surface area contributed by atoms with Crippen molar-refractivity contribution < 1.29 is 9.59 Å². The van der Waals surface area contributed by atoms with Crippen molar-refractivity contribution in [2.45, 2.75) is 44.6 Å². The van der Waals surface area contributed by atoms with Gasteiger partial charge in [0.2, 0.25) is 11.8 Å². The van der Waals surface area contributed by atoms with E-state index in [1.54, 1.807) is 0 Å². The van der Waals surface area contributed by atoms with Crippen molar-refractivity contribution in [2.75, 3.05) is 42.1 Å². The predicted molar refractivity (Wildman–Crippen MR) is 256 cm³/mol. The third-order valence-electron chi connectivity index (χ3n) is 11.4. The number of aromatic nitrogens is 3. The van der Waals surface area contributed by atoms with Crippen LogP contribution in [0, 0.1) is 0 Å². The average molecular weight is 819 g/mol. The summed E-state index contributed by atoms with van der Waals surface area (Å²) in [6, 6.07) is 48.3. The molecular formula is C52H50N8O2. The number of carbonyl (C=O) groups is 2. The summed E-state index contributed by atoms with van der Waals surface area (Å²) in [7, 11) is 0. The minimum Gasteiger partial charge on any atom is -0.384 e. The normalized spacial score (nSPS) is 11.5. The molecule has 6 aromatic carbocycles. The van der Waals surface area contributed by atoms with Crippen LogP contribution in [-0.4, -0.2) is 59.0 Å². The van der Waals surface area contributed by atoms with Gasteiger partial charge in [0.1, 0.15) is 0 Å². The maximum atomic E-state index is 13.6. The van der Waals surface area contributed by atoms with Gasteiger partial charge in [0, 0.05) is 77.4 Å². The molecule has 10 heteroatoms. The van der Waals surface area contributed by atoms with Gasteiger partial charge in [0.15, 0.2) is 0 Å². The molecule has 0 aliphatic heterocycles. The lowest BCUT2D eigenvalue weighted by Crippen LogP contribution is -2.36. The molecular weight excluding hydrogens is 769 g/mol. The number of benzene rings is 6. The predicted octanol–water partition coefficient (Wildman–Crippen LogP) is 10.4.